The normalized spacial score (nSPS) is 10.7. The van der Waals surface area contributed by atoms with Gasteiger partial charge in [-0.1, -0.05) is 20.3 Å². The van der Waals surface area contributed by atoms with E-state index in [0.29, 0.717) is 0 Å². The van der Waals surface area contributed by atoms with Crippen LogP contribution in [0.3, 0.4) is 0 Å². The van der Waals surface area contributed by atoms with E-state index < -0.39 is 0 Å². The number of aromatic nitrogens is 1. The number of hydrogen-bond donors (Lipinski definition) is 1. The van der Waals surface area contributed by atoms with E-state index >= 15 is 0 Å². The number of unbranched alkanes of at least 4 members (excludes halogenated alkanes) is 1. The zero-order valence-electron chi connectivity index (χ0n) is 10.6. The minimum Gasteiger partial charge on any atom is -0.348 e. The summed E-state index contributed by atoms with van der Waals surface area (Å²) in [5.74, 6) is 0. The van der Waals surface area contributed by atoms with Gasteiger partial charge in [0.2, 0.25) is 0 Å². The zero-order chi connectivity index (χ0) is 11.8. The molecule has 0 aromatic carbocycles. The quantitative estimate of drug-likeness (QED) is 0.758. The molecule has 0 spiro atoms. The average Bonchev–Trinajstić information content (AvgIpc) is 2.76. The first-order valence-electron chi connectivity index (χ1n) is 6.22. The van der Waals surface area contributed by atoms with Crippen molar-refractivity contribution in [3.05, 3.63) is 11.1 Å². The van der Waals surface area contributed by atoms with Crippen molar-refractivity contribution in [3.8, 4) is 0 Å². The summed E-state index contributed by atoms with van der Waals surface area (Å²) in [5, 5.41) is 4.50. The molecular weight excluding hydrogens is 218 g/mol. The van der Waals surface area contributed by atoms with Crippen LogP contribution < -0.4 is 10.2 Å². The first-order chi connectivity index (χ1) is 7.81. The third-order valence-electron chi connectivity index (χ3n) is 2.52. The molecule has 0 amide bonds. The Balaban J connectivity index is 2.52. The molecule has 0 aliphatic rings. The maximum absolute atomic E-state index is 4.50. The average molecular weight is 241 g/mol. The smallest absolute Gasteiger partial charge is 0.185 e. The van der Waals surface area contributed by atoms with E-state index in [-0.39, 0.29) is 0 Å². The minimum atomic E-state index is 0.944. The largest absolute Gasteiger partial charge is 0.348 e. The van der Waals surface area contributed by atoms with E-state index in [0.717, 1.165) is 26.2 Å². The number of anilines is 1. The lowest BCUT2D eigenvalue weighted by Crippen LogP contribution is -2.23. The van der Waals surface area contributed by atoms with Crippen molar-refractivity contribution in [2.24, 2.45) is 0 Å². The number of rotatable bonds is 8. The van der Waals surface area contributed by atoms with Crippen molar-refractivity contribution >= 4 is 16.5 Å². The Hall–Kier alpha value is -0.610. The van der Waals surface area contributed by atoms with E-state index in [1.807, 2.05) is 17.5 Å². The molecule has 3 nitrogen and oxygen atoms in total. The van der Waals surface area contributed by atoms with Crippen molar-refractivity contribution in [1.29, 1.82) is 0 Å². The molecule has 0 atom stereocenters. The van der Waals surface area contributed by atoms with Crippen molar-refractivity contribution in [2.45, 2.75) is 40.2 Å². The molecule has 0 bridgehead atoms. The third-order valence-corrected chi connectivity index (χ3v) is 3.58. The second-order valence-electron chi connectivity index (χ2n) is 3.82. The summed E-state index contributed by atoms with van der Waals surface area (Å²) in [6.45, 7) is 10.7. The monoisotopic (exact) mass is 241 g/mol. The first-order valence-corrected chi connectivity index (χ1v) is 7.03. The lowest BCUT2D eigenvalue weighted by molar-refractivity contribution is 0.729. The molecule has 1 heterocycles. The van der Waals surface area contributed by atoms with Gasteiger partial charge in [-0.05, 0) is 19.9 Å². The molecular formula is C12H23N3S. The summed E-state index contributed by atoms with van der Waals surface area (Å²) in [6, 6.07) is 0. The molecule has 0 saturated heterocycles. The fourth-order valence-corrected chi connectivity index (χ4v) is 2.48. The predicted octanol–water partition coefficient (Wildman–Crippen LogP) is 2.88. The number of nitrogens with one attached hydrogen (secondary N) is 1. The van der Waals surface area contributed by atoms with E-state index in [2.05, 4.69) is 36.0 Å². The Morgan fingerprint density at radius 1 is 1.38 bits per heavy atom. The third kappa shape index (κ3) is 4.10. The Bertz CT molecular complexity index is 286. The van der Waals surface area contributed by atoms with Gasteiger partial charge in [-0.3, -0.25) is 0 Å². The first kappa shape index (κ1) is 13.5. The van der Waals surface area contributed by atoms with Crippen molar-refractivity contribution in [1.82, 2.24) is 10.3 Å². The molecule has 1 aromatic heterocycles. The summed E-state index contributed by atoms with van der Waals surface area (Å²) in [6.07, 6.45) is 4.49. The summed E-state index contributed by atoms with van der Waals surface area (Å²) in [4.78, 5) is 8.19. The van der Waals surface area contributed by atoms with Gasteiger partial charge >= 0.3 is 0 Å². The van der Waals surface area contributed by atoms with Gasteiger partial charge in [0, 0.05) is 30.7 Å². The van der Waals surface area contributed by atoms with Gasteiger partial charge in [0.1, 0.15) is 0 Å². The van der Waals surface area contributed by atoms with E-state index in [9.17, 15) is 0 Å². The van der Waals surface area contributed by atoms with Gasteiger partial charge < -0.3 is 10.2 Å². The van der Waals surface area contributed by atoms with Crippen molar-refractivity contribution in [3.63, 3.8) is 0 Å². The maximum Gasteiger partial charge on any atom is 0.185 e. The molecule has 1 rings (SSSR count). The van der Waals surface area contributed by atoms with Crippen LogP contribution in [-0.2, 0) is 6.54 Å². The standard InChI is InChI=1S/C12H23N3S/c1-4-7-8-15(6-3)12-14-10-11(16-12)9-13-5-2/h10,13H,4-9H2,1-3H3. The van der Waals surface area contributed by atoms with Gasteiger partial charge in [0.15, 0.2) is 5.13 Å². The van der Waals surface area contributed by atoms with Gasteiger partial charge in [-0.25, -0.2) is 4.98 Å². The highest BCUT2D eigenvalue weighted by Crippen LogP contribution is 2.22. The topological polar surface area (TPSA) is 28.2 Å². The molecule has 92 valence electrons. The predicted molar refractivity (Wildman–Crippen MR) is 72.3 cm³/mol. The lowest BCUT2D eigenvalue weighted by atomic mass is 10.3. The van der Waals surface area contributed by atoms with Crippen LogP contribution in [0, 0.1) is 0 Å². The number of thiazole rings is 1. The SMILES string of the molecule is CCCCN(CC)c1ncc(CNCC)s1. The van der Waals surface area contributed by atoms with Gasteiger partial charge in [0.25, 0.3) is 0 Å². The highest BCUT2D eigenvalue weighted by atomic mass is 32.1. The molecule has 0 aliphatic heterocycles. The zero-order valence-corrected chi connectivity index (χ0v) is 11.4. The second kappa shape index (κ2) is 7.63. The molecule has 1 aromatic rings. The minimum absolute atomic E-state index is 0.944. The van der Waals surface area contributed by atoms with E-state index in [1.54, 1.807) is 0 Å². The van der Waals surface area contributed by atoms with Crippen LogP contribution in [-0.4, -0.2) is 24.6 Å². The fraction of sp³-hybridized carbons (Fsp3) is 0.750. The van der Waals surface area contributed by atoms with Gasteiger partial charge in [0.05, 0.1) is 0 Å². The summed E-state index contributed by atoms with van der Waals surface area (Å²) >= 11 is 1.81. The molecule has 0 radical (unpaired) electrons. The number of hydrogen-bond acceptors (Lipinski definition) is 4. The molecule has 1 N–H and O–H groups in total. The van der Waals surface area contributed by atoms with Gasteiger partial charge in [-0.2, -0.15) is 0 Å². The summed E-state index contributed by atoms with van der Waals surface area (Å²) in [5.41, 5.74) is 0. The van der Waals surface area contributed by atoms with Crippen LogP contribution in [0.15, 0.2) is 6.20 Å². The Labute approximate surface area is 103 Å². The van der Waals surface area contributed by atoms with Crippen LogP contribution >= 0.6 is 11.3 Å². The van der Waals surface area contributed by atoms with Crippen LogP contribution in [0.2, 0.25) is 0 Å². The van der Waals surface area contributed by atoms with Crippen LogP contribution in [0.5, 0.6) is 0 Å². The van der Waals surface area contributed by atoms with Crippen LogP contribution in [0.25, 0.3) is 0 Å². The molecule has 0 aliphatic carbocycles. The second-order valence-corrected chi connectivity index (χ2v) is 4.92. The van der Waals surface area contributed by atoms with Crippen molar-refractivity contribution in [2.75, 3.05) is 24.5 Å². The van der Waals surface area contributed by atoms with E-state index in [1.165, 1.54) is 22.9 Å². The molecule has 0 saturated carbocycles. The Morgan fingerprint density at radius 3 is 2.81 bits per heavy atom. The molecule has 16 heavy (non-hydrogen) atoms. The Kier molecular flexibility index (Phi) is 6.42. The van der Waals surface area contributed by atoms with Crippen LogP contribution in [0.4, 0.5) is 5.13 Å². The molecule has 0 fully saturated rings. The van der Waals surface area contributed by atoms with Crippen LogP contribution in [0.1, 0.15) is 38.5 Å². The lowest BCUT2D eigenvalue weighted by Gasteiger charge is -2.18. The van der Waals surface area contributed by atoms with Crippen molar-refractivity contribution < 1.29 is 0 Å². The highest BCUT2D eigenvalue weighted by molar-refractivity contribution is 7.15. The fourth-order valence-electron chi connectivity index (χ4n) is 1.51. The maximum atomic E-state index is 4.50. The summed E-state index contributed by atoms with van der Waals surface area (Å²) < 4.78 is 0. The number of nitrogens with zero attached hydrogens (tertiary/aromatic N) is 2. The Morgan fingerprint density at radius 2 is 2.19 bits per heavy atom. The highest BCUT2D eigenvalue weighted by Gasteiger charge is 2.08. The summed E-state index contributed by atoms with van der Waals surface area (Å²) in [7, 11) is 0. The molecule has 0 unspecified atom stereocenters. The molecule has 4 heteroatoms. The van der Waals surface area contributed by atoms with Gasteiger partial charge in [-0.15, -0.1) is 11.3 Å². The van der Waals surface area contributed by atoms with E-state index in [4.69, 9.17) is 0 Å².